The molecule has 1 heterocycles. The lowest BCUT2D eigenvalue weighted by molar-refractivity contribution is -0.137. The molecule has 5 heteroatoms. The molecule has 5 nitrogen and oxygen atoms in total. The number of benzene rings is 1. The van der Waals surface area contributed by atoms with Crippen molar-refractivity contribution in [2.24, 2.45) is 5.92 Å². The van der Waals surface area contributed by atoms with Crippen molar-refractivity contribution >= 4 is 28.5 Å². The lowest BCUT2D eigenvalue weighted by atomic mass is 10.1. The van der Waals surface area contributed by atoms with E-state index >= 15 is 0 Å². The maximum Gasteiger partial charge on any atom is 0.303 e. The summed E-state index contributed by atoms with van der Waals surface area (Å²) in [4.78, 5) is 22.3. The summed E-state index contributed by atoms with van der Waals surface area (Å²) in [5, 5.41) is 12.6. The lowest BCUT2D eigenvalue weighted by Crippen LogP contribution is -2.11. The molecule has 0 saturated heterocycles. The van der Waals surface area contributed by atoms with Crippen molar-refractivity contribution in [3.05, 3.63) is 30.5 Å². The van der Waals surface area contributed by atoms with E-state index in [9.17, 15) is 9.59 Å². The Kier molecular flexibility index (Phi) is 5.79. The molecule has 0 aliphatic rings. The van der Waals surface area contributed by atoms with E-state index in [0.717, 1.165) is 23.1 Å². The number of nitrogens with one attached hydrogen (secondary N) is 1. The molecule has 2 rings (SSSR count). The molecule has 2 N–H and O–H groups in total. The van der Waals surface area contributed by atoms with Crippen LogP contribution in [0, 0.1) is 5.92 Å². The quantitative estimate of drug-likeness (QED) is 0.726. The maximum absolute atomic E-state index is 11.9. The number of carbonyl (C=O) groups excluding carboxylic acids is 1. The zero-order chi connectivity index (χ0) is 16.8. The van der Waals surface area contributed by atoms with Gasteiger partial charge in [0.15, 0.2) is 0 Å². The first-order chi connectivity index (χ1) is 11.0. The SMILES string of the molecule is CC(C)Cn1ccc2cc(NC(=O)CCCCC(=O)O)ccc21. The van der Waals surface area contributed by atoms with Crippen LogP contribution in [0.5, 0.6) is 0 Å². The first-order valence-electron chi connectivity index (χ1n) is 8.06. The van der Waals surface area contributed by atoms with Crippen LogP contribution in [-0.2, 0) is 16.1 Å². The van der Waals surface area contributed by atoms with Crippen LogP contribution >= 0.6 is 0 Å². The van der Waals surface area contributed by atoms with Gasteiger partial charge < -0.3 is 15.0 Å². The largest absolute Gasteiger partial charge is 0.481 e. The van der Waals surface area contributed by atoms with E-state index in [1.165, 1.54) is 0 Å². The number of anilines is 1. The van der Waals surface area contributed by atoms with Crippen LogP contribution in [0.1, 0.15) is 39.5 Å². The number of unbranched alkanes of at least 4 members (excludes halogenated alkanes) is 1. The number of carboxylic acids is 1. The van der Waals surface area contributed by atoms with Gasteiger partial charge in [0.05, 0.1) is 0 Å². The van der Waals surface area contributed by atoms with Gasteiger partial charge in [0.2, 0.25) is 5.91 Å². The van der Waals surface area contributed by atoms with Gasteiger partial charge in [-0.3, -0.25) is 9.59 Å². The summed E-state index contributed by atoms with van der Waals surface area (Å²) >= 11 is 0. The smallest absolute Gasteiger partial charge is 0.303 e. The van der Waals surface area contributed by atoms with Crippen molar-refractivity contribution in [1.29, 1.82) is 0 Å². The Bertz CT molecular complexity index is 689. The highest BCUT2D eigenvalue weighted by atomic mass is 16.4. The molecule has 2 aromatic rings. The zero-order valence-corrected chi connectivity index (χ0v) is 13.7. The average Bonchev–Trinajstić information content (AvgIpc) is 2.85. The predicted molar refractivity (Wildman–Crippen MR) is 91.5 cm³/mol. The fourth-order valence-electron chi connectivity index (χ4n) is 2.62. The Morgan fingerprint density at radius 2 is 1.91 bits per heavy atom. The number of nitrogens with zero attached hydrogens (tertiary/aromatic N) is 1. The van der Waals surface area contributed by atoms with E-state index in [0.29, 0.717) is 25.2 Å². The minimum Gasteiger partial charge on any atom is -0.481 e. The van der Waals surface area contributed by atoms with Crippen LogP contribution in [0.2, 0.25) is 0 Å². The molecular weight excluding hydrogens is 292 g/mol. The number of aliphatic carboxylic acids is 1. The van der Waals surface area contributed by atoms with Crippen LogP contribution in [0.15, 0.2) is 30.5 Å². The monoisotopic (exact) mass is 316 g/mol. The number of carbonyl (C=O) groups is 2. The van der Waals surface area contributed by atoms with E-state index in [1.54, 1.807) is 0 Å². The van der Waals surface area contributed by atoms with Crippen molar-refractivity contribution in [3.8, 4) is 0 Å². The summed E-state index contributed by atoms with van der Waals surface area (Å²) in [6, 6.07) is 7.97. The van der Waals surface area contributed by atoms with Gasteiger partial charge in [0.25, 0.3) is 0 Å². The van der Waals surface area contributed by atoms with Gasteiger partial charge in [-0.1, -0.05) is 13.8 Å². The second-order valence-electron chi connectivity index (χ2n) is 6.28. The molecule has 1 aromatic carbocycles. The van der Waals surface area contributed by atoms with Crippen LogP contribution in [0.25, 0.3) is 10.9 Å². The summed E-state index contributed by atoms with van der Waals surface area (Å²) in [6.45, 7) is 5.34. The molecule has 0 unspecified atom stereocenters. The van der Waals surface area contributed by atoms with Crippen molar-refractivity contribution in [2.75, 3.05) is 5.32 Å². The van der Waals surface area contributed by atoms with Crippen molar-refractivity contribution < 1.29 is 14.7 Å². The molecule has 1 amide bonds. The van der Waals surface area contributed by atoms with Gasteiger partial charge in [0, 0.05) is 42.2 Å². The van der Waals surface area contributed by atoms with Gasteiger partial charge in [-0.25, -0.2) is 0 Å². The number of hydrogen-bond acceptors (Lipinski definition) is 2. The van der Waals surface area contributed by atoms with Gasteiger partial charge in [-0.05, 0) is 43.0 Å². The maximum atomic E-state index is 11.9. The topological polar surface area (TPSA) is 71.3 Å². The minimum absolute atomic E-state index is 0.0728. The summed E-state index contributed by atoms with van der Waals surface area (Å²) in [6.07, 6.45) is 3.65. The zero-order valence-electron chi connectivity index (χ0n) is 13.7. The molecule has 0 fully saturated rings. The van der Waals surface area contributed by atoms with Gasteiger partial charge in [-0.15, -0.1) is 0 Å². The van der Waals surface area contributed by atoms with Crippen LogP contribution in [-0.4, -0.2) is 21.6 Å². The third-order valence-corrected chi connectivity index (χ3v) is 3.66. The molecule has 0 aliphatic heterocycles. The molecular formula is C18H24N2O3. The van der Waals surface area contributed by atoms with E-state index in [4.69, 9.17) is 5.11 Å². The Balaban J connectivity index is 1.93. The Morgan fingerprint density at radius 1 is 1.17 bits per heavy atom. The first-order valence-corrected chi connectivity index (χ1v) is 8.06. The molecule has 0 radical (unpaired) electrons. The number of fused-ring (bicyclic) bond motifs is 1. The summed E-state index contributed by atoms with van der Waals surface area (Å²) < 4.78 is 2.22. The Morgan fingerprint density at radius 3 is 2.61 bits per heavy atom. The van der Waals surface area contributed by atoms with Crippen molar-refractivity contribution in [1.82, 2.24) is 4.57 Å². The molecule has 124 valence electrons. The fourth-order valence-corrected chi connectivity index (χ4v) is 2.62. The van der Waals surface area contributed by atoms with Crippen molar-refractivity contribution in [3.63, 3.8) is 0 Å². The normalized spacial score (nSPS) is 11.1. The second-order valence-corrected chi connectivity index (χ2v) is 6.28. The number of hydrogen-bond donors (Lipinski definition) is 2. The predicted octanol–water partition coefficient (Wildman–Crippen LogP) is 3.88. The first kappa shape index (κ1) is 17.1. The summed E-state index contributed by atoms with van der Waals surface area (Å²) in [5.41, 5.74) is 1.95. The highest BCUT2D eigenvalue weighted by molar-refractivity contribution is 5.93. The van der Waals surface area contributed by atoms with E-state index < -0.39 is 5.97 Å². The third kappa shape index (κ3) is 5.13. The standard InChI is InChI=1S/C18H24N2O3/c1-13(2)12-20-10-9-14-11-15(7-8-16(14)20)19-17(21)5-3-4-6-18(22)23/h7-11,13H,3-6,12H2,1-2H3,(H,19,21)(H,22,23). The van der Waals surface area contributed by atoms with Crippen LogP contribution in [0.4, 0.5) is 5.69 Å². The van der Waals surface area contributed by atoms with Crippen LogP contribution in [0.3, 0.4) is 0 Å². The Labute approximate surface area is 136 Å². The molecule has 0 bridgehead atoms. The van der Waals surface area contributed by atoms with Gasteiger partial charge in [0.1, 0.15) is 0 Å². The second kappa shape index (κ2) is 7.81. The third-order valence-electron chi connectivity index (χ3n) is 3.66. The van der Waals surface area contributed by atoms with E-state index in [2.05, 4.69) is 36.0 Å². The summed E-state index contributed by atoms with van der Waals surface area (Å²) in [5.74, 6) is -0.311. The van der Waals surface area contributed by atoms with E-state index in [1.807, 2.05) is 18.2 Å². The molecule has 23 heavy (non-hydrogen) atoms. The number of rotatable bonds is 8. The minimum atomic E-state index is -0.818. The molecule has 0 spiro atoms. The molecule has 0 atom stereocenters. The number of carboxylic acid groups (broad SMARTS) is 1. The van der Waals surface area contributed by atoms with Crippen LogP contribution < -0.4 is 5.32 Å². The van der Waals surface area contributed by atoms with Crippen molar-refractivity contribution in [2.45, 2.75) is 46.1 Å². The average molecular weight is 316 g/mol. The van der Waals surface area contributed by atoms with E-state index in [-0.39, 0.29) is 12.3 Å². The fraction of sp³-hybridized carbons (Fsp3) is 0.444. The molecule has 1 aromatic heterocycles. The highest BCUT2D eigenvalue weighted by Crippen LogP contribution is 2.21. The number of aromatic nitrogens is 1. The lowest BCUT2D eigenvalue weighted by Gasteiger charge is -2.09. The highest BCUT2D eigenvalue weighted by Gasteiger charge is 2.07. The number of amides is 1. The summed E-state index contributed by atoms with van der Waals surface area (Å²) in [7, 11) is 0. The molecule has 0 saturated carbocycles. The Hall–Kier alpha value is -2.30. The van der Waals surface area contributed by atoms with Gasteiger partial charge >= 0.3 is 5.97 Å². The van der Waals surface area contributed by atoms with Gasteiger partial charge in [-0.2, -0.15) is 0 Å². The molecule has 0 aliphatic carbocycles.